The van der Waals surface area contributed by atoms with Gasteiger partial charge in [0.05, 0.1) is 0 Å². The molecule has 470 valence electrons. The number of rotatable bonds is 67. The Balaban J connectivity index is 4.33. The van der Waals surface area contributed by atoms with Crippen LogP contribution >= 0.6 is 0 Å². The number of allylic oxidation sites excluding steroid dienone is 6. The number of esters is 3. The zero-order chi connectivity index (χ0) is 57.8. The summed E-state index contributed by atoms with van der Waals surface area (Å²) in [5, 5.41) is 0. The van der Waals surface area contributed by atoms with Gasteiger partial charge in [0.1, 0.15) is 13.2 Å². The zero-order valence-electron chi connectivity index (χ0n) is 54.1. The molecule has 0 amide bonds. The third kappa shape index (κ3) is 66.4. The molecule has 0 aromatic heterocycles. The fourth-order valence-electron chi connectivity index (χ4n) is 10.9. The minimum absolute atomic E-state index is 0.0691. The van der Waals surface area contributed by atoms with E-state index in [4.69, 9.17) is 14.2 Å². The van der Waals surface area contributed by atoms with E-state index in [1.54, 1.807) is 0 Å². The van der Waals surface area contributed by atoms with Gasteiger partial charge < -0.3 is 14.2 Å². The van der Waals surface area contributed by atoms with Gasteiger partial charge in [-0.3, -0.25) is 14.4 Å². The molecular formula is C74H138O6. The highest BCUT2D eigenvalue weighted by Crippen LogP contribution is 2.18. The monoisotopic (exact) mass is 1120 g/mol. The Morgan fingerprint density at radius 1 is 0.250 bits per heavy atom. The van der Waals surface area contributed by atoms with E-state index in [1.165, 1.54) is 295 Å². The van der Waals surface area contributed by atoms with Crippen LogP contribution in [0.2, 0.25) is 0 Å². The van der Waals surface area contributed by atoms with Crippen molar-refractivity contribution < 1.29 is 28.6 Å². The summed E-state index contributed by atoms with van der Waals surface area (Å²) in [6.45, 7) is 6.71. The Morgan fingerprint density at radius 3 is 0.700 bits per heavy atom. The summed E-state index contributed by atoms with van der Waals surface area (Å²) in [6, 6.07) is 0. The van der Waals surface area contributed by atoms with Gasteiger partial charge in [0.15, 0.2) is 6.10 Å². The van der Waals surface area contributed by atoms with Crippen molar-refractivity contribution in [3.05, 3.63) is 36.5 Å². The predicted molar refractivity (Wildman–Crippen MR) is 349 cm³/mol. The molecule has 6 heteroatoms. The first-order valence-electron chi connectivity index (χ1n) is 36.0. The molecule has 0 aliphatic heterocycles. The summed E-state index contributed by atoms with van der Waals surface area (Å²) in [7, 11) is 0. The molecule has 0 bridgehead atoms. The van der Waals surface area contributed by atoms with Gasteiger partial charge >= 0.3 is 17.9 Å². The Kier molecular flexibility index (Phi) is 67.1. The van der Waals surface area contributed by atoms with Crippen LogP contribution in [0, 0.1) is 0 Å². The quantitative estimate of drug-likeness (QED) is 0.0261. The Bertz CT molecular complexity index is 1340. The normalized spacial score (nSPS) is 12.2. The Labute approximate surface area is 499 Å². The average Bonchev–Trinajstić information content (AvgIpc) is 3.46. The number of hydrogen-bond acceptors (Lipinski definition) is 6. The van der Waals surface area contributed by atoms with E-state index in [0.29, 0.717) is 19.3 Å². The van der Waals surface area contributed by atoms with Crippen LogP contribution in [-0.2, 0) is 28.6 Å². The molecule has 0 heterocycles. The predicted octanol–water partition coefficient (Wildman–Crippen LogP) is 24.7. The lowest BCUT2D eigenvalue weighted by atomic mass is 10.0. The molecule has 1 atom stereocenters. The molecule has 0 aromatic carbocycles. The van der Waals surface area contributed by atoms with E-state index in [1.807, 2.05) is 0 Å². The van der Waals surface area contributed by atoms with E-state index < -0.39 is 6.10 Å². The third-order valence-electron chi connectivity index (χ3n) is 16.4. The van der Waals surface area contributed by atoms with Gasteiger partial charge in [-0.1, -0.05) is 340 Å². The molecule has 80 heavy (non-hydrogen) atoms. The molecular weight excluding hydrogens is 985 g/mol. The Morgan fingerprint density at radius 2 is 0.450 bits per heavy atom. The van der Waals surface area contributed by atoms with Crippen molar-refractivity contribution in [3.8, 4) is 0 Å². The van der Waals surface area contributed by atoms with E-state index >= 15 is 0 Å². The Hall–Kier alpha value is -2.37. The molecule has 0 rings (SSSR count). The van der Waals surface area contributed by atoms with E-state index in [2.05, 4.69) is 57.2 Å². The summed E-state index contributed by atoms with van der Waals surface area (Å²) in [5.74, 6) is -0.844. The molecule has 0 saturated carbocycles. The zero-order valence-corrected chi connectivity index (χ0v) is 54.1. The molecule has 0 N–H and O–H groups in total. The number of unbranched alkanes of at least 4 members (excludes halogenated alkanes) is 50. The number of ether oxygens (including phenoxy) is 3. The fraction of sp³-hybridized carbons (Fsp3) is 0.878. The van der Waals surface area contributed by atoms with Gasteiger partial charge in [-0.15, -0.1) is 0 Å². The minimum Gasteiger partial charge on any atom is -0.462 e. The van der Waals surface area contributed by atoms with E-state index in [0.717, 1.165) is 64.2 Å². The molecule has 0 aliphatic carbocycles. The maximum Gasteiger partial charge on any atom is 0.306 e. The van der Waals surface area contributed by atoms with Gasteiger partial charge in [-0.2, -0.15) is 0 Å². The number of hydrogen-bond donors (Lipinski definition) is 0. The summed E-state index contributed by atoms with van der Waals surface area (Å²) >= 11 is 0. The highest BCUT2D eigenvalue weighted by molar-refractivity contribution is 5.71. The first-order valence-corrected chi connectivity index (χ1v) is 36.0. The molecule has 0 saturated heterocycles. The van der Waals surface area contributed by atoms with Gasteiger partial charge in [0, 0.05) is 19.3 Å². The maximum absolute atomic E-state index is 13.0. The molecule has 0 aliphatic rings. The topological polar surface area (TPSA) is 78.9 Å². The van der Waals surface area contributed by atoms with Gasteiger partial charge in [-0.25, -0.2) is 0 Å². The lowest BCUT2D eigenvalue weighted by Gasteiger charge is -2.18. The largest absolute Gasteiger partial charge is 0.462 e. The van der Waals surface area contributed by atoms with Crippen LogP contribution in [0.1, 0.15) is 400 Å². The molecule has 6 nitrogen and oxygen atoms in total. The lowest BCUT2D eigenvalue weighted by molar-refractivity contribution is -0.167. The summed E-state index contributed by atoms with van der Waals surface area (Å²) in [6.07, 6.45) is 85.9. The van der Waals surface area contributed by atoms with Crippen molar-refractivity contribution in [2.75, 3.05) is 13.2 Å². The lowest BCUT2D eigenvalue weighted by Crippen LogP contribution is -2.30. The van der Waals surface area contributed by atoms with Crippen LogP contribution in [0.5, 0.6) is 0 Å². The smallest absolute Gasteiger partial charge is 0.306 e. The highest BCUT2D eigenvalue weighted by atomic mass is 16.6. The summed E-state index contributed by atoms with van der Waals surface area (Å²) < 4.78 is 17.0. The summed E-state index contributed by atoms with van der Waals surface area (Å²) in [5.41, 5.74) is 0. The first kappa shape index (κ1) is 77.6. The molecule has 0 aromatic rings. The standard InChI is InChI=1S/C74H138O6/c1-4-7-10-13-16-19-22-25-28-31-34-37-40-43-46-49-52-55-58-61-64-67-73(76)79-70-71(69-78-72(75)66-63-60-57-54-51-48-45-42-39-36-33-30-27-24-21-18-15-12-9-6-3)80-74(77)68-65-62-59-56-53-50-47-44-41-38-35-32-29-26-23-20-17-14-11-8-5-2/h22,25,31-32,34-35,71H,4-21,23-24,26-30,33,36-70H2,1-3H3/b25-22-,34-31-,35-32-. The van der Waals surface area contributed by atoms with Crippen LogP contribution in [0.3, 0.4) is 0 Å². The average molecular weight is 1120 g/mol. The van der Waals surface area contributed by atoms with Crippen molar-refractivity contribution in [2.45, 2.75) is 406 Å². The second kappa shape index (κ2) is 69.1. The van der Waals surface area contributed by atoms with Gasteiger partial charge in [0.2, 0.25) is 0 Å². The van der Waals surface area contributed by atoms with Crippen molar-refractivity contribution in [3.63, 3.8) is 0 Å². The van der Waals surface area contributed by atoms with Crippen molar-refractivity contribution in [1.82, 2.24) is 0 Å². The SMILES string of the molecule is CCCCCCC/C=C\C/C=C\CCCCCCCCCCCC(=O)OCC(COC(=O)CCCCCCCCCCCCCCCCCCCCCC)OC(=O)CCCCCCCCCCC/C=C\CCCCCCCCCC. The van der Waals surface area contributed by atoms with Crippen LogP contribution in [0.4, 0.5) is 0 Å². The fourth-order valence-corrected chi connectivity index (χ4v) is 10.9. The van der Waals surface area contributed by atoms with Crippen LogP contribution in [-0.4, -0.2) is 37.2 Å². The second-order valence-corrected chi connectivity index (χ2v) is 24.5. The maximum atomic E-state index is 13.0. The van der Waals surface area contributed by atoms with Crippen molar-refractivity contribution in [1.29, 1.82) is 0 Å². The molecule has 0 radical (unpaired) electrons. The van der Waals surface area contributed by atoms with Crippen molar-refractivity contribution >= 4 is 17.9 Å². The molecule has 0 fully saturated rings. The highest BCUT2D eigenvalue weighted by Gasteiger charge is 2.19. The van der Waals surface area contributed by atoms with E-state index in [-0.39, 0.29) is 31.1 Å². The number of carbonyl (C=O) groups is 3. The third-order valence-corrected chi connectivity index (χ3v) is 16.4. The van der Waals surface area contributed by atoms with Gasteiger partial charge in [0.25, 0.3) is 0 Å². The second-order valence-electron chi connectivity index (χ2n) is 24.5. The molecule has 0 spiro atoms. The van der Waals surface area contributed by atoms with Gasteiger partial charge in [-0.05, 0) is 77.0 Å². The van der Waals surface area contributed by atoms with Crippen LogP contribution in [0.25, 0.3) is 0 Å². The number of carbonyl (C=O) groups excluding carboxylic acids is 3. The first-order chi connectivity index (χ1) is 39.5. The minimum atomic E-state index is -0.774. The molecule has 1 unspecified atom stereocenters. The van der Waals surface area contributed by atoms with Crippen LogP contribution < -0.4 is 0 Å². The van der Waals surface area contributed by atoms with Crippen molar-refractivity contribution in [2.24, 2.45) is 0 Å². The van der Waals surface area contributed by atoms with Crippen LogP contribution in [0.15, 0.2) is 36.5 Å². The summed E-state index contributed by atoms with van der Waals surface area (Å²) in [4.78, 5) is 38.5. The van der Waals surface area contributed by atoms with E-state index in [9.17, 15) is 14.4 Å².